The number of rotatable bonds is 3. The van der Waals surface area contributed by atoms with Gasteiger partial charge in [0.2, 0.25) is 0 Å². The van der Waals surface area contributed by atoms with Gasteiger partial charge in [0.05, 0.1) is 12.6 Å². The number of ether oxygens (including phenoxy) is 1. The minimum Gasteiger partial charge on any atom is -0.448 e. The lowest BCUT2D eigenvalue weighted by atomic mass is 9.94. The Morgan fingerprint density at radius 3 is 2.33 bits per heavy atom. The molecule has 0 bridgehead atoms. The van der Waals surface area contributed by atoms with Gasteiger partial charge >= 0.3 is 6.09 Å². The summed E-state index contributed by atoms with van der Waals surface area (Å²) in [4.78, 5) is 14.5. The van der Waals surface area contributed by atoms with E-state index in [1.165, 1.54) is 23.3 Å². The van der Waals surface area contributed by atoms with E-state index in [-0.39, 0.29) is 24.9 Å². The first-order chi connectivity index (χ1) is 14.7. The first kappa shape index (κ1) is 18.8. The van der Waals surface area contributed by atoms with Crippen molar-refractivity contribution in [2.45, 2.75) is 24.9 Å². The van der Waals surface area contributed by atoms with Crippen molar-refractivity contribution in [1.82, 2.24) is 4.90 Å². The summed E-state index contributed by atoms with van der Waals surface area (Å²) in [5.74, 6) is -0.319. The molecule has 1 aliphatic carbocycles. The van der Waals surface area contributed by atoms with Crippen LogP contribution in [0.4, 0.5) is 9.18 Å². The van der Waals surface area contributed by atoms with Crippen molar-refractivity contribution in [3.05, 3.63) is 94.8 Å². The van der Waals surface area contributed by atoms with Gasteiger partial charge in [-0.2, -0.15) is 0 Å². The average Bonchev–Trinajstić information content (AvgIpc) is 3.10. The van der Waals surface area contributed by atoms with Gasteiger partial charge in [-0.05, 0) is 51.9 Å². The van der Waals surface area contributed by atoms with Crippen LogP contribution in [0.1, 0.15) is 28.2 Å². The van der Waals surface area contributed by atoms with Crippen LogP contribution in [0.25, 0.3) is 11.1 Å². The summed E-state index contributed by atoms with van der Waals surface area (Å²) < 4.78 is 19.3. The first-order valence-corrected chi connectivity index (χ1v) is 10.2. The van der Waals surface area contributed by atoms with Crippen LogP contribution < -0.4 is 0 Å². The molecule has 0 unspecified atom stereocenters. The molecule has 1 aliphatic heterocycles. The zero-order chi connectivity index (χ0) is 20.7. The summed E-state index contributed by atoms with van der Waals surface area (Å²) in [6.07, 6.45) is -0.0424. The monoisotopic (exact) mass is 403 g/mol. The Kier molecular flexibility index (Phi) is 4.75. The zero-order valence-corrected chi connectivity index (χ0v) is 16.4. The number of nitrogens with zero attached hydrogens (tertiary/aromatic N) is 1. The van der Waals surface area contributed by atoms with E-state index in [0.717, 1.165) is 22.3 Å². The molecule has 30 heavy (non-hydrogen) atoms. The molecule has 0 spiro atoms. The predicted octanol–water partition coefficient (Wildman–Crippen LogP) is 4.49. The van der Waals surface area contributed by atoms with Crippen molar-refractivity contribution in [3.63, 3.8) is 0 Å². The maximum Gasteiger partial charge on any atom is 0.410 e. The molecule has 1 atom stereocenters. The molecular weight excluding hydrogens is 381 g/mol. The predicted molar refractivity (Wildman–Crippen MR) is 112 cm³/mol. The average molecular weight is 403 g/mol. The Morgan fingerprint density at radius 2 is 1.67 bits per heavy atom. The lowest BCUT2D eigenvalue weighted by Gasteiger charge is -2.35. The summed E-state index contributed by atoms with van der Waals surface area (Å²) in [6, 6.07) is 20.5. The fourth-order valence-electron chi connectivity index (χ4n) is 4.67. The molecule has 2 aliphatic rings. The van der Waals surface area contributed by atoms with Crippen molar-refractivity contribution < 1.29 is 19.0 Å². The third-order valence-corrected chi connectivity index (χ3v) is 6.19. The first-order valence-electron chi connectivity index (χ1n) is 10.2. The standard InChI is InChI=1S/C25H22FNO3/c26-18-10-9-16-13-27(19(14-28)12-17(16)11-18)25(29)30-15-24-22-7-3-1-5-20(22)21-6-2-4-8-23(21)24/h1-11,19,24,28H,12-15H2/t19-/m0/s1. The van der Waals surface area contributed by atoms with Crippen LogP contribution in [0.2, 0.25) is 0 Å². The highest BCUT2D eigenvalue weighted by Gasteiger charge is 2.33. The van der Waals surface area contributed by atoms with Gasteiger partial charge in [-0.3, -0.25) is 4.90 Å². The van der Waals surface area contributed by atoms with Crippen LogP contribution in [0.5, 0.6) is 0 Å². The normalized spacial score (nSPS) is 17.3. The third-order valence-electron chi connectivity index (χ3n) is 6.19. The van der Waals surface area contributed by atoms with E-state index in [2.05, 4.69) is 24.3 Å². The summed E-state index contributed by atoms with van der Waals surface area (Å²) in [5.41, 5.74) is 6.38. The second kappa shape index (κ2) is 7.58. The maximum absolute atomic E-state index is 13.5. The smallest absolute Gasteiger partial charge is 0.410 e. The van der Waals surface area contributed by atoms with Crippen molar-refractivity contribution in [3.8, 4) is 11.1 Å². The molecule has 0 radical (unpaired) electrons. The highest BCUT2D eigenvalue weighted by Crippen LogP contribution is 2.44. The number of carbonyl (C=O) groups is 1. The van der Waals surface area contributed by atoms with Crippen LogP contribution in [0.15, 0.2) is 66.7 Å². The Balaban J connectivity index is 1.36. The molecule has 5 heteroatoms. The van der Waals surface area contributed by atoms with Gasteiger partial charge in [0, 0.05) is 12.5 Å². The molecular formula is C25H22FNO3. The number of hydrogen-bond acceptors (Lipinski definition) is 3. The molecule has 1 heterocycles. The van der Waals surface area contributed by atoms with Gasteiger partial charge in [-0.15, -0.1) is 0 Å². The largest absolute Gasteiger partial charge is 0.448 e. The molecule has 3 aromatic carbocycles. The second-order valence-electron chi connectivity index (χ2n) is 7.89. The SMILES string of the molecule is O=C(OCC1c2ccccc2-c2ccccc21)N1Cc2ccc(F)cc2C[C@H]1CO. The van der Waals surface area contributed by atoms with Crippen molar-refractivity contribution >= 4 is 6.09 Å². The molecule has 0 saturated carbocycles. The van der Waals surface area contributed by atoms with Gasteiger partial charge in [0.15, 0.2) is 0 Å². The quantitative estimate of drug-likeness (QED) is 0.701. The van der Waals surface area contributed by atoms with E-state index in [9.17, 15) is 14.3 Å². The van der Waals surface area contributed by atoms with Gasteiger partial charge < -0.3 is 9.84 Å². The van der Waals surface area contributed by atoms with Gasteiger partial charge in [0.25, 0.3) is 0 Å². The summed E-state index contributed by atoms with van der Waals surface area (Å²) in [6.45, 7) is 0.343. The van der Waals surface area contributed by atoms with E-state index < -0.39 is 12.1 Å². The Morgan fingerprint density at radius 1 is 1.00 bits per heavy atom. The van der Waals surface area contributed by atoms with Crippen molar-refractivity contribution in [2.24, 2.45) is 0 Å². The van der Waals surface area contributed by atoms with E-state index in [4.69, 9.17) is 4.74 Å². The zero-order valence-electron chi connectivity index (χ0n) is 16.4. The van der Waals surface area contributed by atoms with Crippen molar-refractivity contribution in [2.75, 3.05) is 13.2 Å². The number of aliphatic hydroxyl groups excluding tert-OH is 1. The number of aliphatic hydroxyl groups is 1. The Bertz CT molecular complexity index is 1070. The number of fused-ring (bicyclic) bond motifs is 4. The highest BCUT2D eigenvalue weighted by molar-refractivity contribution is 5.79. The highest BCUT2D eigenvalue weighted by atomic mass is 19.1. The molecule has 0 aromatic heterocycles. The van der Waals surface area contributed by atoms with Crippen LogP contribution in [-0.4, -0.2) is 35.4 Å². The lowest BCUT2D eigenvalue weighted by molar-refractivity contribution is 0.0590. The Labute approximate surface area is 174 Å². The topological polar surface area (TPSA) is 49.8 Å². The molecule has 1 N–H and O–H groups in total. The van der Waals surface area contributed by atoms with E-state index in [0.29, 0.717) is 13.0 Å². The number of hydrogen-bond donors (Lipinski definition) is 1. The molecule has 0 fully saturated rings. The molecule has 3 aromatic rings. The summed E-state index contributed by atoms with van der Waals surface area (Å²) in [5, 5.41) is 9.80. The van der Waals surface area contributed by atoms with E-state index in [1.54, 1.807) is 11.0 Å². The second-order valence-corrected chi connectivity index (χ2v) is 7.89. The number of amides is 1. The van der Waals surface area contributed by atoms with E-state index >= 15 is 0 Å². The van der Waals surface area contributed by atoms with Crippen LogP contribution in [0.3, 0.4) is 0 Å². The van der Waals surface area contributed by atoms with Crippen LogP contribution in [-0.2, 0) is 17.7 Å². The molecule has 152 valence electrons. The number of halogens is 1. The van der Waals surface area contributed by atoms with Crippen LogP contribution >= 0.6 is 0 Å². The molecule has 4 nitrogen and oxygen atoms in total. The van der Waals surface area contributed by atoms with Gasteiger partial charge in [0.1, 0.15) is 12.4 Å². The fraction of sp³-hybridized carbons (Fsp3) is 0.240. The minimum atomic E-state index is -0.453. The molecule has 0 saturated heterocycles. The van der Waals surface area contributed by atoms with E-state index in [1.807, 2.05) is 24.3 Å². The van der Waals surface area contributed by atoms with Crippen LogP contribution in [0, 0.1) is 5.82 Å². The van der Waals surface area contributed by atoms with Gasteiger partial charge in [-0.1, -0.05) is 54.6 Å². The minimum absolute atomic E-state index is 0.0138. The summed E-state index contributed by atoms with van der Waals surface area (Å²) >= 11 is 0. The number of carbonyl (C=O) groups excluding carboxylic acids is 1. The fourth-order valence-corrected chi connectivity index (χ4v) is 4.67. The van der Waals surface area contributed by atoms with Crippen molar-refractivity contribution in [1.29, 1.82) is 0 Å². The number of benzene rings is 3. The molecule has 1 amide bonds. The maximum atomic E-state index is 13.5. The van der Waals surface area contributed by atoms with Gasteiger partial charge in [-0.25, -0.2) is 9.18 Å². The Hall–Kier alpha value is -3.18. The summed E-state index contributed by atoms with van der Waals surface area (Å²) in [7, 11) is 0. The lowest BCUT2D eigenvalue weighted by Crippen LogP contribution is -2.46. The third kappa shape index (κ3) is 3.15. The molecule has 5 rings (SSSR count).